The Hall–Kier alpha value is -2.25. The van der Waals surface area contributed by atoms with E-state index < -0.39 is 12.0 Å². The monoisotopic (exact) mass is 517 g/mol. The number of aryl methyl sites for hydroxylation is 1. The summed E-state index contributed by atoms with van der Waals surface area (Å²) in [5.74, 6) is 0.334. The number of halogens is 2. The highest BCUT2D eigenvalue weighted by Crippen LogP contribution is 2.30. The number of aromatic nitrogens is 1. The van der Waals surface area contributed by atoms with Crippen molar-refractivity contribution >= 4 is 40.0 Å². The Kier molecular flexibility index (Phi) is 7.96. The maximum Gasteiger partial charge on any atom is 0.229 e. The maximum absolute atomic E-state index is 13.5. The molecule has 3 unspecified atom stereocenters. The van der Waals surface area contributed by atoms with Crippen LogP contribution in [0.3, 0.4) is 0 Å². The average molecular weight is 518 g/mol. The molecule has 0 saturated carbocycles. The summed E-state index contributed by atoms with van der Waals surface area (Å²) in [6.45, 7) is 3.57. The molecule has 4 rings (SSSR count). The Labute approximate surface area is 217 Å². The highest BCUT2D eigenvalue weighted by molar-refractivity contribution is 6.34. The minimum absolute atomic E-state index is 0.00467. The van der Waals surface area contributed by atoms with E-state index in [4.69, 9.17) is 27.9 Å². The Morgan fingerprint density at radius 1 is 1.20 bits per heavy atom. The van der Waals surface area contributed by atoms with Gasteiger partial charge in [0.15, 0.2) is 0 Å². The number of hydrogen-bond acceptors (Lipinski definition) is 4. The normalized spacial score (nSPS) is 19.5. The molecule has 0 bridgehead atoms. The van der Waals surface area contributed by atoms with Gasteiger partial charge in [-0.15, -0.1) is 0 Å². The third-order valence-corrected chi connectivity index (χ3v) is 7.51. The molecule has 1 N–H and O–H groups in total. The van der Waals surface area contributed by atoms with Crippen LogP contribution in [0.1, 0.15) is 24.5 Å². The lowest BCUT2D eigenvalue weighted by atomic mass is 9.85. The summed E-state index contributed by atoms with van der Waals surface area (Å²) in [5, 5.41) is 12.9. The van der Waals surface area contributed by atoms with Crippen molar-refractivity contribution in [1.29, 1.82) is 0 Å². The molecule has 3 aromatic rings. The van der Waals surface area contributed by atoms with Crippen LogP contribution in [0.5, 0.6) is 5.75 Å². The van der Waals surface area contributed by atoms with Gasteiger partial charge in [-0.1, -0.05) is 23.2 Å². The largest absolute Gasteiger partial charge is 0.497 e. The summed E-state index contributed by atoms with van der Waals surface area (Å²) in [6.07, 6.45) is 2.90. The van der Waals surface area contributed by atoms with E-state index in [9.17, 15) is 9.90 Å². The molecule has 1 aromatic heterocycles. The highest BCUT2D eigenvalue weighted by atomic mass is 35.5. The lowest BCUT2D eigenvalue weighted by molar-refractivity contribution is -0.147. The predicted molar refractivity (Wildman–Crippen MR) is 141 cm³/mol. The number of aliphatic hydroxyl groups excluding tert-OH is 1. The van der Waals surface area contributed by atoms with E-state index >= 15 is 0 Å². The van der Waals surface area contributed by atoms with Gasteiger partial charge < -0.3 is 19.3 Å². The van der Waals surface area contributed by atoms with E-state index in [2.05, 4.69) is 21.7 Å². The van der Waals surface area contributed by atoms with Crippen LogP contribution >= 0.6 is 23.2 Å². The van der Waals surface area contributed by atoms with Crippen LogP contribution in [0.25, 0.3) is 10.9 Å². The second-order valence-corrected chi connectivity index (χ2v) is 10.4. The first-order valence-electron chi connectivity index (χ1n) is 11.9. The summed E-state index contributed by atoms with van der Waals surface area (Å²) in [6, 6.07) is 11.5. The molecular formula is C27H33Cl2N3O3. The topological polar surface area (TPSA) is 57.9 Å². The van der Waals surface area contributed by atoms with Gasteiger partial charge in [0.05, 0.1) is 19.1 Å². The summed E-state index contributed by atoms with van der Waals surface area (Å²) in [5.41, 5.74) is 3.30. The van der Waals surface area contributed by atoms with Gasteiger partial charge in [-0.2, -0.15) is 0 Å². The first kappa shape index (κ1) is 25.8. The SMILES string of the molecule is COc1ccc2c(c1)c(CCN1CCC(N(C)Cc3cc(Cl)cc(Cl)c3)C(C(C)O)C1=O)cn2C. The number of aliphatic hydroxyl groups is 1. The number of fused-ring (bicyclic) bond motifs is 1. The zero-order valence-corrected chi connectivity index (χ0v) is 22.2. The van der Waals surface area contributed by atoms with Crippen molar-refractivity contribution in [2.24, 2.45) is 13.0 Å². The molecule has 2 heterocycles. The van der Waals surface area contributed by atoms with E-state index in [1.165, 1.54) is 5.56 Å². The molecule has 35 heavy (non-hydrogen) atoms. The minimum atomic E-state index is -0.748. The number of benzene rings is 2. The second-order valence-electron chi connectivity index (χ2n) is 9.54. The number of piperidine rings is 1. The van der Waals surface area contributed by atoms with Gasteiger partial charge in [-0.25, -0.2) is 0 Å². The fourth-order valence-electron chi connectivity index (χ4n) is 5.34. The van der Waals surface area contributed by atoms with E-state index in [-0.39, 0.29) is 11.9 Å². The van der Waals surface area contributed by atoms with Gasteiger partial charge in [0.1, 0.15) is 5.75 Å². The van der Waals surface area contributed by atoms with Gasteiger partial charge in [-0.05, 0) is 74.3 Å². The molecule has 1 aliphatic rings. The van der Waals surface area contributed by atoms with Crippen LogP contribution in [0.4, 0.5) is 0 Å². The summed E-state index contributed by atoms with van der Waals surface area (Å²) in [4.78, 5) is 17.5. The van der Waals surface area contributed by atoms with Gasteiger partial charge in [0, 0.05) is 59.9 Å². The van der Waals surface area contributed by atoms with Crippen molar-refractivity contribution in [3.63, 3.8) is 0 Å². The maximum atomic E-state index is 13.5. The van der Waals surface area contributed by atoms with E-state index in [1.807, 2.05) is 43.3 Å². The smallest absolute Gasteiger partial charge is 0.229 e. The van der Waals surface area contributed by atoms with Gasteiger partial charge in [-0.3, -0.25) is 9.69 Å². The molecule has 2 aromatic carbocycles. The molecule has 1 saturated heterocycles. The molecule has 188 valence electrons. The number of methoxy groups -OCH3 is 1. The molecule has 1 aliphatic heterocycles. The number of hydrogen-bond donors (Lipinski definition) is 1. The van der Waals surface area contributed by atoms with E-state index in [0.717, 1.165) is 35.1 Å². The van der Waals surface area contributed by atoms with Gasteiger partial charge in [0.25, 0.3) is 0 Å². The standard InChI is InChI=1S/C27H33Cl2N3O3/c1-17(33)26-25(30(2)15-18-11-20(28)13-21(29)12-18)8-10-32(27(26)34)9-7-19-16-31(3)24-6-5-22(35-4)14-23(19)24/h5-6,11-14,16-17,25-26,33H,7-10,15H2,1-4H3. The Morgan fingerprint density at radius 3 is 2.57 bits per heavy atom. The summed E-state index contributed by atoms with van der Waals surface area (Å²) >= 11 is 12.3. The fraction of sp³-hybridized carbons (Fsp3) is 0.444. The number of likely N-dealkylation sites (tertiary alicyclic amines) is 1. The van der Waals surface area contributed by atoms with Gasteiger partial charge >= 0.3 is 0 Å². The molecule has 0 aliphatic carbocycles. The zero-order valence-electron chi connectivity index (χ0n) is 20.7. The average Bonchev–Trinajstić information content (AvgIpc) is 3.11. The van der Waals surface area contributed by atoms with E-state index in [1.54, 1.807) is 20.1 Å². The number of amides is 1. The van der Waals surface area contributed by atoms with Crippen LogP contribution in [0.2, 0.25) is 10.0 Å². The third-order valence-electron chi connectivity index (χ3n) is 7.08. The summed E-state index contributed by atoms with van der Waals surface area (Å²) in [7, 11) is 5.68. The summed E-state index contributed by atoms with van der Waals surface area (Å²) < 4.78 is 7.51. The predicted octanol–water partition coefficient (Wildman–Crippen LogP) is 4.77. The van der Waals surface area contributed by atoms with E-state index in [0.29, 0.717) is 29.7 Å². The number of nitrogens with zero attached hydrogens (tertiary/aromatic N) is 3. The molecule has 1 fully saturated rings. The lowest BCUT2D eigenvalue weighted by Gasteiger charge is -2.43. The fourth-order valence-corrected chi connectivity index (χ4v) is 5.91. The Morgan fingerprint density at radius 2 is 1.91 bits per heavy atom. The first-order valence-corrected chi connectivity index (χ1v) is 12.7. The lowest BCUT2D eigenvalue weighted by Crippen LogP contribution is -2.56. The molecule has 0 radical (unpaired) electrons. The molecule has 6 nitrogen and oxygen atoms in total. The second kappa shape index (κ2) is 10.8. The van der Waals surface area contributed by atoms with Crippen molar-refractivity contribution in [3.05, 3.63) is 63.8 Å². The van der Waals surface area contributed by atoms with Crippen LogP contribution in [-0.2, 0) is 24.8 Å². The number of rotatable bonds is 8. The molecule has 3 atom stereocenters. The zero-order chi connectivity index (χ0) is 25.3. The highest BCUT2D eigenvalue weighted by Gasteiger charge is 2.41. The van der Waals surface area contributed by atoms with Crippen molar-refractivity contribution < 1.29 is 14.6 Å². The van der Waals surface area contributed by atoms with Crippen molar-refractivity contribution in [2.45, 2.75) is 38.5 Å². The third kappa shape index (κ3) is 5.61. The number of ether oxygens (including phenoxy) is 1. The van der Waals surface area contributed by atoms with Crippen molar-refractivity contribution in [1.82, 2.24) is 14.4 Å². The Balaban J connectivity index is 1.47. The van der Waals surface area contributed by atoms with Crippen LogP contribution in [-0.4, -0.2) is 64.8 Å². The van der Waals surface area contributed by atoms with Crippen LogP contribution in [0, 0.1) is 5.92 Å². The first-order chi connectivity index (χ1) is 16.7. The number of carbonyl (C=O) groups is 1. The molecular weight excluding hydrogens is 485 g/mol. The molecule has 1 amide bonds. The molecule has 8 heteroatoms. The van der Waals surface area contributed by atoms with Crippen molar-refractivity contribution in [3.8, 4) is 5.75 Å². The van der Waals surface area contributed by atoms with Crippen LogP contribution < -0.4 is 4.74 Å². The quantitative estimate of drug-likeness (QED) is 0.467. The van der Waals surface area contributed by atoms with Crippen molar-refractivity contribution in [2.75, 3.05) is 27.2 Å². The molecule has 0 spiro atoms. The minimum Gasteiger partial charge on any atom is -0.497 e. The van der Waals surface area contributed by atoms with Gasteiger partial charge in [0.2, 0.25) is 5.91 Å². The van der Waals surface area contributed by atoms with Crippen LogP contribution in [0.15, 0.2) is 42.6 Å². The number of carbonyl (C=O) groups excluding carboxylic acids is 1. The Bertz CT molecular complexity index is 1190.